The number of amides is 1. The fraction of sp³-hybridized carbons (Fsp3) is 0.500. The molecule has 0 aromatic carbocycles. The highest BCUT2D eigenvalue weighted by Crippen LogP contribution is 1.81. The number of carbonyl (C=O) groups is 1. The van der Waals surface area contributed by atoms with E-state index >= 15 is 0 Å². The lowest BCUT2D eigenvalue weighted by molar-refractivity contribution is -0.119. The van der Waals surface area contributed by atoms with E-state index in [1.807, 2.05) is 0 Å². The number of nitrogens with two attached hydrogens (primary N) is 2. The predicted octanol–water partition coefficient (Wildman–Crippen LogP) is -0.788. The molecule has 1 amide bonds. The molecule has 9 heavy (non-hydrogen) atoms. The number of rotatable bonds is 2. The molecule has 0 spiro atoms. The average Bonchev–Trinajstić information content (AvgIpc) is 1.82. The number of hydrogen-bond acceptors (Lipinski definition) is 2. The standard InChI is InChI=1S/C6H10N2O/c1-2-3-4-5(7)6(8)9/h5H,4,7H2,1H3,(H2,8,9). The number of hydrogen-bond donors (Lipinski definition) is 2. The Kier molecular flexibility index (Phi) is 3.49. The van der Waals surface area contributed by atoms with Gasteiger partial charge in [-0.05, 0) is 6.92 Å². The molecule has 0 radical (unpaired) electrons. The maximum absolute atomic E-state index is 10.2. The predicted molar refractivity (Wildman–Crippen MR) is 35.2 cm³/mol. The molecule has 3 heteroatoms. The maximum atomic E-state index is 10.2. The first-order chi connectivity index (χ1) is 4.18. The van der Waals surface area contributed by atoms with E-state index < -0.39 is 11.9 Å². The topological polar surface area (TPSA) is 69.1 Å². The first-order valence-corrected chi connectivity index (χ1v) is 2.63. The van der Waals surface area contributed by atoms with Crippen molar-refractivity contribution in [2.24, 2.45) is 11.5 Å². The smallest absolute Gasteiger partial charge is 0.235 e. The summed E-state index contributed by atoms with van der Waals surface area (Å²) in [7, 11) is 0. The van der Waals surface area contributed by atoms with Gasteiger partial charge in [0.15, 0.2) is 0 Å². The molecule has 50 valence electrons. The third kappa shape index (κ3) is 3.56. The summed E-state index contributed by atoms with van der Waals surface area (Å²) in [5.74, 6) is 4.77. The minimum absolute atomic E-state index is 0.353. The van der Waals surface area contributed by atoms with Crippen molar-refractivity contribution in [2.45, 2.75) is 19.4 Å². The Balaban J connectivity index is 3.59. The molecule has 0 heterocycles. The molecule has 3 nitrogen and oxygen atoms in total. The molecule has 0 aromatic heterocycles. The Bertz CT molecular complexity index is 154. The largest absolute Gasteiger partial charge is 0.368 e. The number of carbonyl (C=O) groups excluding carboxylic acids is 1. The quantitative estimate of drug-likeness (QED) is 0.476. The minimum Gasteiger partial charge on any atom is -0.368 e. The van der Waals surface area contributed by atoms with Crippen molar-refractivity contribution >= 4 is 5.91 Å². The Morgan fingerprint density at radius 1 is 1.78 bits per heavy atom. The first kappa shape index (κ1) is 7.99. The second-order valence-electron chi connectivity index (χ2n) is 1.64. The third-order valence-electron chi connectivity index (χ3n) is 0.864. The van der Waals surface area contributed by atoms with Crippen LogP contribution in [0, 0.1) is 11.8 Å². The SMILES string of the molecule is CC#CCC(N)C(N)=O. The van der Waals surface area contributed by atoms with E-state index in [0.29, 0.717) is 6.42 Å². The van der Waals surface area contributed by atoms with Crippen molar-refractivity contribution in [2.75, 3.05) is 0 Å². The van der Waals surface area contributed by atoms with Crippen LogP contribution in [0.5, 0.6) is 0 Å². The van der Waals surface area contributed by atoms with E-state index in [-0.39, 0.29) is 0 Å². The third-order valence-corrected chi connectivity index (χ3v) is 0.864. The maximum Gasteiger partial charge on any atom is 0.235 e. The van der Waals surface area contributed by atoms with Gasteiger partial charge in [0.05, 0.1) is 6.04 Å². The van der Waals surface area contributed by atoms with Crippen LogP contribution in [-0.4, -0.2) is 11.9 Å². The molecule has 0 aliphatic heterocycles. The zero-order valence-corrected chi connectivity index (χ0v) is 5.35. The molecule has 0 aliphatic rings. The van der Waals surface area contributed by atoms with Gasteiger partial charge in [0.2, 0.25) is 5.91 Å². The van der Waals surface area contributed by atoms with Gasteiger partial charge in [-0.1, -0.05) is 0 Å². The van der Waals surface area contributed by atoms with E-state index in [9.17, 15) is 4.79 Å². The lowest BCUT2D eigenvalue weighted by atomic mass is 10.2. The summed E-state index contributed by atoms with van der Waals surface area (Å²) in [6.45, 7) is 1.69. The van der Waals surface area contributed by atoms with Crippen LogP contribution in [0.25, 0.3) is 0 Å². The van der Waals surface area contributed by atoms with Crippen molar-refractivity contribution in [3.8, 4) is 11.8 Å². The first-order valence-electron chi connectivity index (χ1n) is 2.63. The monoisotopic (exact) mass is 126 g/mol. The van der Waals surface area contributed by atoms with E-state index in [1.54, 1.807) is 6.92 Å². The normalized spacial score (nSPS) is 11.3. The lowest BCUT2D eigenvalue weighted by Crippen LogP contribution is -2.35. The molecule has 1 atom stereocenters. The molecule has 0 bridgehead atoms. The second kappa shape index (κ2) is 3.93. The van der Waals surface area contributed by atoms with E-state index in [4.69, 9.17) is 11.5 Å². The molecule has 1 unspecified atom stereocenters. The summed E-state index contributed by atoms with van der Waals surface area (Å²) in [5, 5.41) is 0. The summed E-state index contributed by atoms with van der Waals surface area (Å²) in [5.41, 5.74) is 10.1. The lowest BCUT2D eigenvalue weighted by Gasteiger charge is -1.98. The zero-order valence-electron chi connectivity index (χ0n) is 5.35. The fourth-order valence-electron chi connectivity index (χ4n) is 0.313. The molecule has 0 rings (SSSR count). The van der Waals surface area contributed by atoms with Crippen LogP contribution in [0.2, 0.25) is 0 Å². The van der Waals surface area contributed by atoms with Gasteiger partial charge in [-0.15, -0.1) is 11.8 Å². The van der Waals surface area contributed by atoms with Gasteiger partial charge in [-0.25, -0.2) is 0 Å². The zero-order chi connectivity index (χ0) is 7.28. The highest BCUT2D eigenvalue weighted by Gasteiger charge is 2.04. The summed E-state index contributed by atoms with van der Waals surface area (Å²) in [4.78, 5) is 10.2. The van der Waals surface area contributed by atoms with Crippen molar-refractivity contribution in [3.05, 3.63) is 0 Å². The Labute approximate surface area is 54.4 Å². The van der Waals surface area contributed by atoms with Gasteiger partial charge >= 0.3 is 0 Å². The van der Waals surface area contributed by atoms with Crippen LogP contribution in [0.4, 0.5) is 0 Å². The fourth-order valence-corrected chi connectivity index (χ4v) is 0.313. The van der Waals surface area contributed by atoms with Crippen molar-refractivity contribution in [3.63, 3.8) is 0 Å². The average molecular weight is 126 g/mol. The van der Waals surface area contributed by atoms with Crippen LogP contribution >= 0.6 is 0 Å². The summed E-state index contributed by atoms with van der Waals surface area (Å²) in [6.07, 6.45) is 0.353. The van der Waals surface area contributed by atoms with Crippen LogP contribution in [-0.2, 0) is 4.79 Å². The van der Waals surface area contributed by atoms with E-state index in [0.717, 1.165) is 0 Å². The van der Waals surface area contributed by atoms with Crippen LogP contribution in [0.15, 0.2) is 0 Å². The summed E-state index contributed by atoms with van der Waals surface area (Å²) >= 11 is 0. The van der Waals surface area contributed by atoms with Gasteiger partial charge in [-0.3, -0.25) is 4.79 Å². The molecular weight excluding hydrogens is 116 g/mol. The highest BCUT2D eigenvalue weighted by atomic mass is 16.1. The van der Waals surface area contributed by atoms with Gasteiger partial charge in [-0.2, -0.15) is 0 Å². The summed E-state index contributed by atoms with van der Waals surface area (Å²) in [6, 6.07) is -0.613. The molecule has 0 saturated heterocycles. The second-order valence-corrected chi connectivity index (χ2v) is 1.64. The van der Waals surface area contributed by atoms with Crippen molar-refractivity contribution in [1.29, 1.82) is 0 Å². The Hall–Kier alpha value is -1.01. The highest BCUT2D eigenvalue weighted by molar-refractivity contribution is 5.79. The van der Waals surface area contributed by atoms with Gasteiger partial charge in [0.1, 0.15) is 0 Å². The Morgan fingerprint density at radius 2 is 2.33 bits per heavy atom. The van der Waals surface area contributed by atoms with Gasteiger partial charge in [0.25, 0.3) is 0 Å². The molecule has 0 saturated carbocycles. The molecule has 0 aromatic rings. The molecule has 0 fully saturated rings. The van der Waals surface area contributed by atoms with Crippen LogP contribution in [0.1, 0.15) is 13.3 Å². The van der Waals surface area contributed by atoms with E-state index in [2.05, 4.69) is 11.8 Å². The molecular formula is C6H10N2O. The summed E-state index contributed by atoms with van der Waals surface area (Å²) < 4.78 is 0. The Morgan fingerprint density at radius 3 is 2.67 bits per heavy atom. The van der Waals surface area contributed by atoms with Crippen LogP contribution in [0.3, 0.4) is 0 Å². The van der Waals surface area contributed by atoms with Crippen LogP contribution < -0.4 is 11.5 Å². The minimum atomic E-state index is -0.613. The van der Waals surface area contributed by atoms with Crippen molar-refractivity contribution in [1.82, 2.24) is 0 Å². The molecule has 0 aliphatic carbocycles. The van der Waals surface area contributed by atoms with Crippen molar-refractivity contribution < 1.29 is 4.79 Å². The van der Waals surface area contributed by atoms with Gasteiger partial charge < -0.3 is 11.5 Å². The van der Waals surface area contributed by atoms with E-state index in [1.165, 1.54) is 0 Å². The number of primary amides is 1. The van der Waals surface area contributed by atoms with Gasteiger partial charge in [0, 0.05) is 6.42 Å². The molecule has 4 N–H and O–H groups in total.